The fourth-order valence-electron chi connectivity index (χ4n) is 2.87. The molecular weight excluding hydrogens is 303 g/mol. The van der Waals surface area contributed by atoms with Gasteiger partial charge in [-0.1, -0.05) is 0 Å². The summed E-state index contributed by atoms with van der Waals surface area (Å²) < 4.78 is 15.1. The van der Waals surface area contributed by atoms with Gasteiger partial charge in [0.2, 0.25) is 0 Å². The number of hydrogen-bond acceptors (Lipinski definition) is 2. The number of fused-ring (bicyclic) bond motifs is 4. The van der Waals surface area contributed by atoms with E-state index in [0.717, 1.165) is 0 Å². The maximum atomic E-state index is 6.23. The van der Waals surface area contributed by atoms with Crippen LogP contribution in [0.2, 0.25) is 0 Å². The summed E-state index contributed by atoms with van der Waals surface area (Å²) in [5, 5.41) is 0. The van der Waals surface area contributed by atoms with Gasteiger partial charge in [0, 0.05) is 0 Å². The van der Waals surface area contributed by atoms with Crippen LogP contribution >= 0.6 is 0 Å². The summed E-state index contributed by atoms with van der Waals surface area (Å²) in [7, 11) is 0. The third-order valence-electron chi connectivity index (χ3n) is 3.77. The molecule has 2 heterocycles. The predicted octanol–water partition coefficient (Wildman–Crippen LogP) is 1.92. The van der Waals surface area contributed by atoms with E-state index in [2.05, 4.69) is 50.2 Å². The van der Waals surface area contributed by atoms with Crippen molar-refractivity contribution in [2.75, 3.05) is 0 Å². The quantitative estimate of drug-likeness (QED) is 0.691. The summed E-state index contributed by atoms with van der Waals surface area (Å²) in [5.74, 6) is 0. The second-order valence-electron chi connectivity index (χ2n) is 5.25. The minimum absolute atomic E-state index is 0.699. The van der Waals surface area contributed by atoms with Gasteiger partial charge in [-0.05, 0) is 0 Å². The van der Waals surface area contributed by atoms with Crippen molar-refractivity contribution in [1.82, 2.24) is 0 Å². The molecule has 19 heavy (non-hydrogen) atoms. The van der Waals surface area contributed by atoms with Crippen LogP contribution in [0.3, 0.4) is 0 Å². The van der Waals surface area contributed by atoms with Crippen molar-refractivity contribution in [3.8, 4) is 0 Å². The first kappa shape index (κ1) is 11.7. The molecule has 1 spiro atoms. The number of rotatable bonds is 0. The average molecular weight is 319 g/mol. The minimum atomic E-state index is -2.57. The van der Waals surface area contributed by atoms with Crippen LogP contribution in [0.1, 0.15) is 22.3 Å². The molecule has 2 aliphatic rings. The van der Waals surface area contributed by atoms with E-state index in [1.54, 1.807) is 0 Å². The molecule has 0 N–H and O–H groups in total. The molecule has 2 aliphatic heterocycles. The summed E-state index contributed by atoms with van der Waals surface area (Å²) in [6, 6.07) is 13.2. The van der Waals surface area contributed by atoms with Crippen molar-refractivity contribution >= 4 is 22.4 Å². The molecule has 0 saturated carbocycles. The number of hydrogen-bond donors (Lipinski definition) is 0. The Bertz CT molecular complexity index is 619. The van der Waals surface area contributed by atoms with Gasteiger partial charge in [-0.2, -0.15) is 0 Å². The van der Waals surface area contributed by atoms with E-state index in [9.17, 15) is 0 Å². The molecule has 2 nitrogen and oxygen atoms in total. The zero-order valence-electron chi connectivity index (χ0n) is 11.1. The summed E-state index contributed by atoms with van der Waals surface area (Å²) in [6.45, 7) is 5.65. The molecule has 3 heteroatoms. The molecule has 0 bridgehead atoms. The van der Waals surface area contributed by atoms with E-state index in [1.807, 2.05) is 0 Å². The van der Waals surface area contributed by atoms with Crippen molar-refractivity contribution in [3.05, 3.63) is 58.7 Å². The Morgan fingerprint density at radius 1 is 0.789 bits per heavy atom. The molecule has 2 aromatic carbocycles. The Hall–Kier alpha value is -1.12. The van der Waals surface area contributed by atoms with Crippen LogP contribution in [0, 0.1) is 13.8 Å². The van der Waals surface area contributed by atoms with E-state index in [0.29, 0.717) is 13.2 Å². The van der Waals surface area contributed by atoms with Crippen molar-refractivity contribution in [2.45, 2.75) is 27.1 Å². The van der Waals surface area contributed by atoms with Gasteiger partial charge in [-0.25, -0.2) is 0 Å². The van der Waals surface area contributed by atoms with Gasteiger partial charge in [0.1, 0.15) is 0 Å². The van der Waals surface area contributed by atoms with Gasteiger partial charge in [0.05, 0.1) is 0 Å². The Morgan fingerprint density at radius 2 is 1.26 bits per heavy atom. The van der Waals surface area contributed by atoms with E-state index in [-0.39, 0.29) is 0 Å². The van der Waals surface area contributed by atoms with Crippen LogP contribution in [0.15, 0.2) is 36.4 Å². The van der Waals surface area contributed by atoms with Crippen LogP contribution in [0.4, 0.5) is 0 Å². The molecule has 0 fully saturated rings. The van der Waals surface area contributed by atoms with Gasteiger partial charge in [-0.15, -0.1) is 0 Å². The summed E-state index contributed by atoms with van der Waals surface area (Å²) in [4.78, 5) is 0. The van der Waals surface area contributed by atoms with Crippen LogP contribution in [0.25, 0.3) is 0 Å². The third-order valence-corrected chi connectivity index (χ3v) is 9.76. The Labute approximate surface area is 116 Å². The predicted molar refractivity (Wildman–Crippen MR) is 77.0 cm³/mol. The molecule has 0 aromatic heterocycles. The number of benzene rings is 2. The van der Waals surface area contributed by atoms with E-state index < -0.39 is 13.5 Å². The average Bonchev–Trinajstić information content (AvgIpc) is 2.93. The Morgan fingerprint density at radius 3 is 1.74 bits per heavy atom. The molecule has 98 valence electrons. The van der Waals surface area contributed by atoms with Crippen LogP contribution in [-0.2, 0) is 20.9 Å². The summed E-state index contributed by atoms with van der Waals surface area (Å²) in [5.41, 5.74) is 5.21. The van der Waals surface area contributed by atoms with Gasteiger partial charge in [0.25, 0.3) is 0 Å². The van der Waals surface area contributed by atoms with Gasteiger partial charge >= 0.3 is 116 Å². The molecule has 0 unspecified atom stereocenters. The van der Waals surface area contributed by atoms with Crippen molar-refractivity contribution in [2.24, 2.45) is 0 Å². The molecule has 0 atom stereocenters. The van der Waals surface area contributed by atoms with Gasteiger partial charge in [-0.3, -0.25) is 0 Å². The van der Waals surface area contributed by atoms with Crippen LogP contribution in [0.5, 0.6) is 0 Å². The Balaban J connectivity index is 1.92. The normalized spacial score (nSPS) is 20.3. The molecule has 0 aliphatic carbocycles. The zero-order chi connectivity index (χ0) is 13.0. The van der Waals surface area contributed by atoms with E-state index >= 15 is 0 Å². The third kappa shape index (κ3) is 1.56. The number of aryl methyl sites for hydroxylation is 2. The Kier molecular flexibility index (Phi) is 2.42. The van der Waals surface area contributed by atoms with Crippen LogP contribution in [-0.4, -0.2) is 13.5 Å². The maximum absolute atomic E-state index is 6.23. The van der Waals surface area contributed by atoms with Gasteiger partial charge < -0.3 is 0 Å². The molecule has 4 rings (SSSR count). The summed E-state index contributed by atoms with van der Waals surface area (Å²) in [6.07, 6.45) is 0. The second kappa shape index (κ2) is 3.94. The fourth-order valence-corrected chi connectivity index (χ4v) is 8.78. The molecule has 0 amide bonds. The van der Waals surface area contributed by atoms with Crippen molar-refractivity contribution in [1.29, 1.82) is 0 Å². The monoisotopic (exact) mass is 320 g/mol. The fraction of sp³-hybridized carbons (Fsp3) is 0.250. The zero-order valence-corrected chi connectivity index (χ0v) is 12.8. The SMILES string of the molecule is Cc1ccc2c(c1)CO[Se]21OCc2cc(C)ccc21. The molecule has 0 radical (unpaired) electrons. The molecule has 2 aromatic rings. The standard InChI is InChI=1S/C16H16O2Se/c1-11-3-5-15-13(7-11)9-17-19(15)16-6-4-12(2)8-14(16)10-18-19/h3-8H,9-10H2,1-2H3. The first-order chi connectivity index (χ1) is 9.19. The topological polar surface area (TPSA) is 18.5 Å². The van der Waals surface area contributed by atoms with Crippen molar-refractivity contribution in [3.63, 3.8) is 0 Å². The molecule has 0 saturated heterocycles. The summed E-state index contributed by atoms with van der Waals surface area (Å²) >= 11 is -2.57. The van der Waals surface area contributed by atoms with Gasteiger partial charge in [0.15, 0.2) is 0 Å². The first-order valence-corrected chi connectivity index (χ1v) is 9.61. The molecular formula is C16H16O2Se. The van der Waals surface area contributed by atoms with Crippen LogP contribution < -0.4 is 8.92 Å². The van der Waals surface area contributed by atoms with E-state index in [4.69, 9.17) is 7.64 Å². The first-order valence-electron chi connectivity index (χ1n) is 6.50. The van der Waals surface area contributed by atoms with Crippen molar-refractivity contribution < 1.29 is 7.64 Å². The second-order valence-corrected chi connectivity index (χ2v) is 10.2. The van der Waals surface area contributed by atoms with E-state index in [1.165, 1.54) is 31.2 Å².